The zero-order valence-corrected chi connectivity index (χ0v) is 10.3. The van der Waals surface area contributed by atoms with Gasteiger partial charge in [0.15, 0.2) is 0 Å². The molecule has 96 valence electrons. The fourth-order valence-corrected chi connectivity index (χ4v) is 0.752. The quantitative estimate of drug-likeness (QED) is 0.534. The first kappa shape index (κ1) is 17.4. The number of ether oxygens (including phenoxy) is 3. The Bertz CT molecular complexity index is 200. The Hall–Kier alpha value is -1.01. The van der Waals surface area contributed by atoms with Crippen molar-refractivity contribution in [2.75, 3.05) is 33.9 Å². The van der Waals surface area contributed by atoms with Crippen molar-refractivity contribution in [2.24, 2.45) is 0 Å². The number of likely N-dealkylation sites (N-methyl/N-ethyl adjacent to an activating group) is 1. The van der Waals surface area contributed by atoms with Gasteiger partial charge >= 0.3 is 12.1 Å². The van der Waals surface area contributed by atoms with Crippen LogP contribution < -0.4 is 5.32 Å². The molecule has 0 saturated carbocycles. The van der Waals surface area contributed by atoms with Crippen LogP contribution >= 0.6 is 12.4 Å². The summed E-state index contributed by atoms with van der Waals surface area (Å²) in [6, 6.07) is 0. The van der Waals surface area contributed by atoms with Gasteiger partial charge in [-0.1, -0.05) is 0 Å². The van der Waals surface area contributed by atoms with E-state index in [2.05, 4.69) is 19.5 Å². The van der Waals surface area contributed by atoms with Crippen molar-refractivity contribution in [3.8, 4) is 0 Å². The molecule has 0 atom stereocenters. The smallest absolute Gasteiger partial charge is 0.469 e. The average Bonchev–Trinajstić information content (AvgIpc) is 2.24. The second-order valence-electron chi connectivity index (χ2n) is 2.73. The highest BCUT2D eigenvalue weighted by Gasteiger charge is 2.04. The van der Waals surface area contributed by atoms with E-state index in [4.69, 9.17) is 0 Å². The highest BCUT2D eigenvalue weighted by Crippen LogP contribution is 1.94. The summed E-state index contributed by atoms with van der Waals surface area (Å²) in [6.45, 7) is 1.01. The minimum absolute atomic E-state index is 0. The van der Waals surface area contributed by atoms with Gasteiger partial charge in [-0.05, 0) is 13.5 Å². The van der Waals surface area contributed by atoms with E-state index in [1.165, 1.54) is 7.11 Å². The van der Waals surface area contributed by atoms with Gasteiger partial charge in [-0.25, -0.2) is 4.79 Å². The van der Waals surface area contributed by atoms with E-state index in [9.17, 15) is 9.59 Å². The van der Waals surface area contributed by atoms with Crippen LogP contribution in [-0.4, -0.2) is 46.0 Å². The lowest BCUT2D eigenvalue weighted by molar-refractivity contribution is -0.140. The molecule has 0 radical (unpaired) electrons. The molecule has 0 aromatic rings. The first-order valence-corrected chi connectivity index (χ1v) is 4.71. The van der Waals surface area contributed by atoms with Gasteiger partial charge < -0.3 is 19.5 Å². The maximum absolute atomic E-state index is 10.8. The fourth-order valence-electron chi connectivity index (χ4n) is 0.752. The summed E-state index contributed by atoms with van der Waals surface area (Å²) < 4.78 is 13.8. The maximum Gasteiger partial charge on any atom is 0.508 e. The molecule has 0 heterocycles. The van der Waals surface area contributed by atoms with Crippen molar-refractivity contribution in [1.82, 2.24) is 5.32 Å². The molecule has 0 bridgehead atoms. The van der Waals surface area contributed by atoms with Crippen molar-refractivity contribution < 1.29 is 23.8 Å². The summed E-state index contributed by atoms with van der Waals surface area (Å²) >= 11 is 0. The number of nitrogens with one attached hydrogen (secondary N) is 1. The van der Waals surface area contributed by atoms with E-state index in [0.717, 1.165) is 0 Å². The largest absolute Gasteiger partial charge is 0.508 e. The van der Waals surface area contributed by atoms with Crippen LogP contribution in [0.1, 0.15) is 12.8 Å². The monoisotopic (exact) mass is 255 g/mol. The second kappa shape index (κ2) is 12.1. The van der Waals surface area contributed by atoms with Gasteiger partial charge in [-0.3, -0.25) is 4.79 Å². The van der Waals surface area contributed by atoms with Gasteiger partial charge in [0.1, 0.15) is 6.61 Å². The molecule has 6 nitrogen and oxygen atoms in total. The average molecular weight is 256 g/mol. The molecule has 0 aromatic heterocycles. The molecular formula is C9H18ClNO5. The number of carbonyl (C=O) groups is 2. The molecule has 1 N–H and O–H groups in total. The molecule has 16 heavy (non-hydrogen) atoms. The highest BCUT2D eigenvalue weighted by molar-refractivity contribution is 5.85. The number of rotatable bonds is 7. The molecule has 0 fully saturated rings. The fraction of sp³-hybridized carbons (Fsp3) is 0.778. The van der Waals surface area contributed by atoms with Gasteiger partial charge in [-0.2, -0.15) is 0 Å². The summed E-state index contributed by atoms with van der Waals surface area (Å²) in [7, 11) is 3.07. The van der Waals surface area contributed by atoms with Gasteiger partial charge in [0.05, 0.1) is 13.7 Å². The van der Waals surface area contributed by atoms with Crippen molar-refractivity contribution in [1.29, 1.82) is 0 Å². The first-order valence-electron chi connectivity index (χ1n) is 4.71. The molecule has 0 aliphatic rings. The van der Waals surface area contributed by atoms with Crippen molar-refractivity contribution in [3.63, 3.8) is 0 Å². The van der Waals surface area contributed by atoms with Crippen LogP contribution in [-0.2, 0) is 19.0 Å². The van der Waals surface area contributed by atoms with Crippen LogP contribution in [0.2, 0.25) is 0 Å². The Morgan fingerprint density at radius 2 is 1.81 bits per heavy atom. The molecule has 0 aliphatic carbocycles. The van der Waals surface area contributed by atoms with Crippen LogP contribution in [0, 0.1) is 0 Å². The van der Waals surface area contributed by atoms with Crippen molar-refractivity contribution in [2.45, 2.75) is 12.8 Å². The standard InChI is InChI=1S/C9H17NO5.ClH/c1-10-5-7-15-9(12)14-6-3-4-8(11)13-2;/h10H,3-7H2,1-2H3;1H. The summed E-state index contributed by atoms with van der Waals surface area (Å²) in [6.07, 6.45) is -0.0382. The zero-order valence-electron chi connectivity index (χ0n) is 9.49. The summed E-state index contributed by atoms with van der Waals surface area (Å²) in [5.74, 6) is -0.317. The van der Waals surface area contributed by atoms with Gasteiger partial charge in [0.25, 0.3) is 0 Å². The summed E-state index contributed by atoms with van der Waals surface area (Å²) in [5, 5.41) is 2.82. The molecule has 0 saturated heterocycles. The number of hydrogen-bond acceptors (Lipinski definition) is 6. The molecule has 0 spiro atoms. The Morgan fingerprint density at radius 3 is 2.38 bits per heavy atom. The molecule has 0 amide bonds. The van der Waals surface area contributed by atoms with E-state index in [1.807, 2.05) is 0 Å². The van der Waals surface area contributed by atoms with Crippen LogP contribution in [0.25, 0.3) is 0 Å². The third-order valence-corrected chi connectivity index (χ3v) is 1.54. The van der Waals surface area contributed by atoms with Crippen LogP contribution in [0.15, 0.2) is 0 Å². The number of hydrogen-bond donors (Lipinski definition) is 1. The molecule has 0 aromatic carbocycles. The first-order chi connectivity index (χ1) is 7.20. The van der Waals surface area contributed by atoms with Crippen LogP contribution in [0.3, 0.4) is 0 Å². The lowest BCUT2D eigenvalue weighted by Crippen LogP contribution is -2.18. The van der Waals surface area contributed by atoms with Gasteiger partial charge in [-0.15, -0.1) is 12.4 Å². The third kappa shape index (κ3) is 11.1. The van der Waals surface area contributed by atoms with Crippen LogP contribution in [0.5, 0.6) is 0 Å². The van der Waals surface area contributed by atoms with E-state index >= 15 is 0 Å². The molecule has 0 rings (SSSR count). The highest BCUT2D eigenvalue weighted by atomic mass is 35.5. The van der Waals surface area contributed by atoms with Crippen molar-refractivity contribution in [3.05, 3.63) is 0 Å². The SMILES string of the molecule is CNCCOC(=O)OCCCC(=O)OC.Cl. The molecule has 0 unspecified atom stereocenters. The lowest BCUT2D eigenvalue weighted by atomic mass is 10.3. The Kier molecular flexibility index (Phi) is 13.1. The Morgan fingerprint density at radius 1 is 1.19 bits per heavy atom. The summed E-state index contributed by atoms with van der Waals surface area (Å²) in [5.41, 5.74) is 0. The van der Waals surface area contributed by atoms with E-state index in [0.29, 0.717) is 13.0 Å². The van der Waals surface area contributed by atoms with Crippen LogP contribution in [0.4, 0.5) is 4.79 Å². The topological polar surface area (TPSA) is 73.9 Å². The van der Waals surface area contributed by atoms with Gasteiger partial charge in [0, 0.05) is 13.0 Å². The molecular weight excluding hydrogens is 238 g/mol. The number of esters is 1. The minimum Gasteiger partial charge on any atom is -0.469 e. The van der Waals surface area contributed by atoms with Gasteiger partial charge in [0.2, 0.25) is 0 Å². The number of halogens is 1. The lowest BCUT2D eigenvalue weighted by Gasteiger charge is -2.05. The number of carbonyl (C=O) groups excluding carboxylic acids is 2. The summed E-state index contributed by atoms with van der Waals surface area (Å²) in [4.78, 5) is 21.5. The Balaban J connectivity index is 0. The van der Waals surface area contributed by atoms with E-state index in [-0.39, 0.29) is 38.0 Å². The van der Waals surface area contributed by atoms with E-state index in [1.54, 1.807) is 7.05 Å². The Labute approximate surface area is 101 Å². The zero-order chi connectivity index (χ0) is 11.5. The predicted octanol–water partition coefficient (Wildman–Crippen LogP) is 0.734. The minimum atomic E-state index is -0.713. The third-order valence-electron chi connectivity index (χ3n) is 1.54. The maximum atomic E-state index is 10.8. The number of methoxy groups -OCH3 is 1. The second-order valence-corrected chi connectivity index (χ2v) is 2.73. The molecule has 7 heteroatoms. The molecule has 0 aliphatic heterocycles. The van der Waals surface area contributed by atoms with E-state index < -0.39 is 6.16 Å². The van der Waals surface area contributed by atoms with Crippen molar-refractivity contribution >= 4 is 24.5 Å². The predicted molar refractivity (Wildman–Crippen MR) is 59.7 cm³/mol. The normalized spacial score (nSPS) is 8.88.